The van der Waals surface area contributed by atoms with Crippen molar-refractivity contribution in [2.45, 2.75) is 101 Å². The molecule has 0 amide bonds. The molecule has 0 radical (unpaired) electrons. The van der Waals surface area contributed by atoms with Crippen LogP contribution in [-0.4, -0.2) is 10.5 Å². The molecule has 0 atom stereocenters. The normalized spacial score (nSPS) is 36.3. The molecule has 2 saturated carbocycles. The van der Waals surface area contributed by atoms with Crippen molar-refractivity contribution in [2.24, 2.45) is 11.8 Å². The Morgan fingerprint density at radius 2 is 1.00 bits per heavy atom. The fraction of sp³-hybridized carbons (Fsp3) is 1.00. The van der Waals surface area contributed by atoms with Gasteiger partial charge < -0.3 is 0 Å². The van der Waals surface area contributed by atoms with Gasteiger partial charge in [-0.3, -0.25) is 0 Å². The van der Waals surface area contributed by atoms with E-state index in [2.05, 4.69) is 25.6 Å². The predicted molar refractivity (Wildman–Crippen MR) is 88.9 cm³/mol. The molecule has 2 fully saturated rings. The van der Waals surface area contributed by atoms with Crippen LogP contribution in [0.25, 0.3) is 0 Å². The predicted octanol–water partition coefficient (Wildman–Crippen LogP) is 6.44. The molecule has 0 spiro atoms. The van der Waals surface area contributed by atoms with Crippen molar-refractivity contribution < 1.29 is 0 Å². The molecule has 0 aliphatic heterocycles. The van der Waals surface area contributed by atoms with E-state index in [1.165, 1.54) is 77.0 Å². The molecule has 0 saturated heterocycles. The van der Waals surface area contributed by atoms with Gasteiger partial charge in [-0.1, -0.05) is 39.5 Å². The average Bonchev–Trinajstić information content (AvgIpc) is 2.44. The molecular weight excluding hydrogens is 248 g/mol. The van der Waals surface area contributed by atoms with Crippen LogP contribution in [0.4, 0.5) is 0 Å². The van der Waals surface area contributed by atoms with Gasteiger partial charge in [-0.25, -0.2) is 0 Å². The first-order chi connectivity index (χ1) is 9.31. The van der Waals surface area contributed by atoms with E-state index in [0.717, 1.165) is 22.3 Å². The maximum atomic E-state index is 2.38. The highest BCUT2D eigenvalue weighted by Crippen LogP contribution is 2.41. The van der Waals surface area contributed by atoms with E-state index in [-0.39, 0.29) is 0 Å². The molecule has 0 aromatic carbocycles. The Morgan fingerprint density at radius 3 is 1.32 bits per heavy atom. The molecule has 1 heteroatoms. The zero-order valence-corrected chi connectivity index (χ0v) is 14.0. The smallest absolute Gasteiger partial charge is 0.00500 e. The maximum absolute atomic E-state index is 2.38. The number of hydrogen-bond acceptors (Lipinski definition) is 1. The van der Waals surface area contributed by atoms with Crippen molar-refractivity contribution in [3.63, 3.8) is 0 Å². The molecule has 19 heavy (non-hydrogen) atoms. The van der Waals surface area contributed by atoms with Crippen molar-refractivity contribution in [3.05, 3.63) is 0 Å². The zero-order chi connectivity index (χ0) is 13.5. The van der Waals surface area contributed by atoms with Gasteiger partial charge >= 0.3 is 0 Å². The van der Waals surface area contributed by atoms with E-state index in [1.807, 2.05) is 0 Å². The van der Waals surface area contributed by atoms with Crippen molar-refractivity contribution >= 4 is 11.8 Å². The first-order valence-corrected chi connectivity index (χ1v) is 9.91. The van der Waals surface area contributed by atoms with Crippen LogP contribution in [0.2, 0.25) is 0 Å². The second-order valence-corrected chi connectivity index (χ2v) is 8.60. The Labute approximate surface area is 125 Å². The Hall–Kier alpha value is 0.350. The second kappa shape index (κ2) is 8.60. The summed E-state index contributed by atoms with van der Waals surface area (Å²) >= 11 is 2.38. The van der Waals surface area contributed by atoms with Crippen molar-refractivity contribution in [1.29, 1.82) is 0 Å². The molecule has 2 aliphatic rings. The van der Waals surface area contributed by atoms with E-state index in [0.29, 0.717) is 0 Å². The van der Waals surface area contributed by atoms with Crippen LogP contribution in [0.15, 0.2) is 0 Å². The summed E-state index contributed by atoms with van der Waals surface area (Å²) in [6.07, 6.45) is 17.9. The highest BCUT2D eigenvalue weighted by molar-refractivity contribution is 8.00. The number of rotatable bonds is 6. The summed E-state index contributed by atoms with van der Waals surface area (Å²) in [4.78, 5) is 0. The van der Waals surface area contributed by atoms with Gasteiger partial charge in [0.05, 0.1) is 0 Å². The quantitative estimate of drug-likeness (QED) is 0.540. The third-order valence-corrected chi connectivity index (χ3v) is 7.08. The molecule has 0 N–H and O–H groups in total. The largest absolute Gasteiger partial charge is 0.155 e. The van der Waals surface area contributed by atoms with Crippen LogP contribution >= 0.6 is 11.8 Å². The monoisotopic (exact) mass is 282 g/mol. The summed E-state index contributed by atoms with van der Waals surface area (Å²) in [5.41, 5.74) is 0. The summed E-state index contributed by atoms with van der Waals surface area (Å²) in [6, 6.07) is 0. The first-order valence-electron chi connectivity index (χ1n) is 8.97. The lowest BCUT2D eigenvalue weighted by atomic mass is 9.85. The molecule has 2 rings (SSSR count). The van der Waals surface area contributed by atoms with Crippen molar-refractivity contribution in [2.75, 3.05) is 0 Å². The standard InChI is InChI=1S/C18H34S/c1-3-5-15-7-11-17(12-8-15)19-18-13-9-16(6-4-2)10-14-18/h15-18H,3-14H2,1-2H3. The minimum absolute atomic E-state index is 1.01. The summed E-state index contributed by atoms with van der Waals surface area (Å²) in [6.45, 7) is 4.69. The van der Waals surface area contributed by atoms with Gasteiger partial charge in [-0.2, -0.15) is 11.8 Å². The zero-order valence-electron chi connectivity index (χ0n) is 13.2. The van der Waals surface area contributed by atoms with Crippen LogP contribution in [-0.2, 0) is 0 Å². The molecular formula is C18H34S. The Bertz CT molecular complexity index is 198. The van der Waals surface area contributed by atoms with Crippen LogP contribution in [0.5, 0.6) is 0 Å². The molecule has 0 bridgehead atoms. The second-order valence-electron chi connectivity index (χ2n) is 7.00. The Balaban J connectivity index is 1.61. The van der Waals surface area contributed by atoms with E-state index >= 15 is 0 Å². The minimum Gasteiger partial charge on any atom is -0.155 e. The van der Waals surface area contributed by atoms with Gasteiger partial charge in [0.25, 0.3) is 0 Å². The van der Waals surface area contributed by atoms with E-state index in [9.17, 15) is 0 Å². The molecule has 0 unspecified atom stereocenters. The van der Waals surface area contributed by atoms with Crippen LogP contribution in [0, 0.1) is 11.8 Å². The van der Waals surface area contributed by atoms with Gasteiger partial charge in [0.1, 0.15) is 0 Å². The number of thioether (sulfide) groups is 1. The molecule has 0 aromatic rings. The minimum atomic E-state index is 1.01. The fourth-order valence-corrected chi connectivity index (χ4v) is 5.83. The van der Waals surface area contributed by atoms with Gasteiger partial charge in [0, 0.05) is 10.5 Å². The van der Waals surface area contributed by atoms with E-state index in [1.54, 1.807) is 0 Å². The van der Waals surface area contributed by atoms with E-state index in [4.69, 9.17) is 0 Å². The molecule has 112 valence electrons. The maximum Gasteiger partial charge on any atom is 0.00500 e. The summed E-state index contributed by atoms with van der Waals surface area (Å²) in [5, 5.41) is 2.03. The van der Waals surface area contributed by atoms with Gasteiger partial charge in [-0.15, -0.1) is 0 Å². The molecule has 0 heterocycles. The van der Waals surface area contributed by atoms with Gasteiger partial charge in [0.15, 0.2) is 0 Å². The first kappa shape index (κ1) is 15.7. The topological polar surface area (TPSA) is 0 Å². The lowest BCUT2D eigenvalue weighted by Crippen LogP contribution is -2.22. The molecule has 2 aliphatic carbocycles. The number of hydrogen-bond donors (Lipinski definition) is 0. The Morgan fingerprint density at radius 1 is 0.632 bits per heavy atom. The third kappa shape index (κ3) is 5.33. The lowest BCUT2D eigenvalue weighted by molar-refractivity contribution is 0.332. The van der Waals surface area contributed by atoms with Crippen LogP contribution < -0.4 is 0 Å². The van der Waals surface area contributed by atoms with Crippen molar-refractivity contribution in [3.8, 4) is 0 Å². The summed E-state index contributed by atoms with van der Waals surface area (Å²) in [7, 11) is 0. The van der Waals surface area contributed by atoms with E-state index < -0.39 is 0 Å². The molecule has 0 nitrogen and oxygen atoms in total. The molecule has 0 aromatic heterocycles. The third-order valence-electron chi connectivity index (χ3n) is 5.37. The van der Waals surface area contributed by atoms with Crippen LogP contribution in [0.3, 0.4) is 0 Å². The highest BCUT2D eigenvalue weighted by Gasteiger charge is 2.26. The summed E-state index contributed by atoms with van der Waals surface area (Å²) in [5.74, 6) is 2.14. The van der Waals surface area contributed by atoms with Crippen LogP contribution in [0.1, 0.15) is 90.9 Å². The fourth-order valence-electron chi connectivity index (χ4n) is 4.20. The highest BCUT2D eigenvalue weighted by atomic mass is 32.2. The Kier molecular flexibility index (Phi) is 7.12. The van der Waals surface area contributed by atoms with Gasteiger partial charge in [-0.05, 0) is 63.2 Å². The average molecular weight is 283 g/mol. The lowest BCUT2D eigenvalue weighted by Gasteiger charge is -2.33. The van der Waals surface area contributed by atoms with Gasteiger partial charge in [0.2, 0.25) is 0 Å². The van der Waals surface area contributed by atoms with Crippen molar-refractivity contribution in [1.82, 2.24) is 0 Å². The summed E-state index contributed by atoms with van der Waals surface area (Å²) < 4.78 is 0. The SMILES string of the molecule is CCCC1CCC(SC2CCC(CCC)CC2)CC1.